The van der Waals surface area contributed by atoms with Crippen LogP contribution in [0.4, 0.5) is 0 Å². The average molecular weight is 342 g/mol. The van der Waals surface area contributed by atoms with Crippen molar-refractivity contribution in [2.75, 3.05) is 0 Å². The molecule has 0 aliphatic heterocycles. The molecule has 0 saturated carbocycles. The van der Waals surface area contributed by atoms with Crippen LogP contribution in [0.2, 0.25) is 0 Å². The minimum absolute atomic E-state index is 0.303. The van der Waals surface area contributed by atoms with E-state index in [1.807, 2.05) is 60.6 Å². The first kappa shape index (κ1) is 22.4. The Morgan fingerprint density at radius 2 is 1.28 bits per heavy atom. The highest BCUT2D eigenvalue weighted by molar-refractivity contribution is 5.77. The first-order chi connectivity index (χ1) is 12.2. The summed E-state index contributed by atoms with van der Waals surface area (Å²) in [4.78, 5) is 27.1. The van der Waals surface area contributed by atoms with E-state index in [2.05, 4.69) is 4.98 Å². The zero-order valence-electron chi connectivity index (χ0n) is 16.4. The van der Waals surface area contributed by atoms with Crippen molar-refractivity contribution in [1.82, 2.24) is 9.55 Å². The maximum absolute atomic E-state index is 12.4. The highest BCUT2D eigenvalue weighted by Gasteiger charge is 2.08. The van der Waals surface area contributed by atoms with Gasteiger partial charge in [0, 0.05) is 0 Å². The number of aromatic amines is 1. The lowest BCUT2D eigenvalue weighted by molar-refractivity contribution is 0.901. The molecule has 2 aromatic carbocycles. The third-order valence-electron chi connectivity index (χ3n) is 3.10. The Morgan fingerprint density at radius 1 is 0.760 bits per heavy atom. The van der Waals surface area contributed by atoms with Gasteiger partial charge in [-0.1, -0.05) is 71.4 Å². The highest BCUT2D eigenvalue weighted by atomic mass is 16.2. The summed E-state index contributed by atoms with van der Waals surface area (Å²) in [6, 6.07) is 14.3. The van der Waals surface area contributed by atoms with E-state index in [1.54, 1.807) is 36.4 Å². The Morgan fingerprint density at radius 3 is 1.84 bits per heavy atom. The van der Waals surface area contributed by atoms with Gasteiger partial charge in [-0.15, -0.1) is 0 Å². The normalized spacial score (nSPS) is 8.92. The van der Waals surface area contributed by atoms with Crippen LogP contribution in [0.25, 0.3) is 16.6 Å². The number of hydrogen-bond donors (Lipinski definition) is 1. The van der Waals surface area contributed by atoms with Gasteiger partial charge in [-0.05, 0) is 31.2 Å². The molecule has 0 radical (unpaired) electrons. The maximum Gasteiger partial charge on any atom is 0.333 e. The van der Waals surface area contributed by atoms with Crippen molar-refractivity contribution in [3.63, 3.8) is 0 Å². The van der Waals surface area contributed by atoms with Gasteiger partial charge >= 0.3 is 5.69 Å². The summed E-state index contributed by atoms with van der Waals surface area (Å²) in [7, 11) is 0. The number of aryl methyl sites for hydroxylation is 1. The Bertz CT molecular complexity index is 859. The molecule has 3 aromatic rings. The van der Waals surface area contributed by atoms with Gasteiger partial charge in [0.1, 0.15) is 0 Å². The van der Waals surface area contributed by atoms with Crippen LogP contribution in [0.5, 0.6) is 0 Å². The fourth-order valence-corrected chi connectivity index (χ4v) is 2.09. The summed E-state index contributed by atoms with van der Waals surface area (Å²) in [6.45, 7) is 14.0. The van der Waals surface area contributed by atoms with Gasteiger partial charge in [0.15, 0.2) is 0 Å². The molecule has 0 bridgehead atoms. The van der Waals surface area contributed by atoms with Crippen LogP contribution in [-0.2, 0) is 0 Å². The van der Waals surface area contributed by atoms with Gasteiger partial charge in [-0.3, -0.25) is 4.79 Å². The van der Waals surface area contributed by atoms with E-state index in [-0.39, 0.29) is 5.56 Å². The lowest BCUT2D eigenvalue weighted by atomic mass is 10.2. The molecule has 4 nitrogen and oxygen atoms in total. The SMILES string of the molecule is CC.CC.CC.Cc1ccc(-n2c(=O)[nH]c3ccccc3c2=O)cc1. The smallest absolute Gasteiger partial charge is 0.306 e. The zero-order valence-corrected chi connectivity index (χ0v) is 16.4. The zero-order chi connectivity index (χ0) is 19.4. The van der Waals surface area contributed by atoms with Crippen molar-refractivity contribution in [3.8, 4) is 5.69 Å². The standard InChI is InChI=1S/C15H12N2O2.3C2H6/c1-10-6-8-11(9-7-10)17-14(18)12-4-2-3-5-13(12)16-15(17)19;3*1-2/h2-9H,1H3,(H,16,19);3*1-2H3. The molecule has 25 heavy (non-hydrogen) atoms. The molecule has 1 heterocycles. The van der Waals surface area contributed by atoms with Crippen molar-refractivity contribution < 1.29 is 0 Å². The minimum Gasteiger partial charge on any atom is -0.306 e. The number of aromatic nitrogens is 2. The summed E-state index contributed by atoms with van der Waals surface area (Å²) >= 11 is 0. The fourth-order valence-electron chi connectivity index (χ4n) is 2.09. The van der Waals surface area contributed by atoms with Crippen LogP contribution in [-0.4, -0.2) is 9.55 Å². The molecule has 0 saturated heterocycles. The predicted molar refractivity (Wildman–Crippen MR) is 109 cm³/mol. The number of benzene rings is 2. The van der Waals surface area contributed by atoms with Gasteiger partial charge in [-0.2, -0.15) is 0 Å². The molecule has 0 aliphatic carbocycles. The van der Waals surface area contributed by atoms with E-state index >= 15 is 0 Å². The Balaban J connectivity index is 0.000000871. The third kappa shape index (κ3) is 5.45. The second-order valence-corrected chi connectivity index (χ2v) is 4.45. The lowest BCUT2D eigenvalue weighted by Gasteiger charge is -2.06. The average Bonchev–Trinajstić information content (AvgIpc) is 2.68. The lowest BCUT2D eigenvalue weighted by Crippen LogP contribution is -2.33. The molecule has 0 atom stereocenters. The Labute approximate surface area is 150 Å². The molecule has 4 heteroatoms. The van der Waals surface area contributed by atoms with Gasteiger partial charge in [0.05, 0.1) is 16.6 Å². The van der Waals surface area contributed by atoms with E-state index in [1.165, 1.54) is 0 Å². The number of nitrogens with zero attached hydrogens (tertiary/aromatic N) is 1. The Kier molecular flexibility index (Phi) is 10.6. The first-order valence-electron chi connectivity index (χ1n) is 8.98. The van der Waals surface area contributed by atoms with Crippen LogP contribution < -0.4 is 11.2 Å². The van der Waals surface area contributed by atoms with E-state index in [0.717, 1.165) is 10.1 Å². The molecule has 0 amide bonds. The third-order valence-corrected chi connectivity index (χ3v) is 3.10. The van der Waals surface area contributed by atoms with Crippen LogP contribution in [0.1, 0.15) is 47.1 Å². The number of fused-ring (bicyclic) bond motifs is 1. The summed E-state index contributed by atoms with van der Waals surface area (Å²) < 4.78 is 1.15. The fraction of sp³-hybridized carbons (Fsp3) is 0.333. The molecule has 0 fully saturated rings. The summed E-state index contributed by atoms with van der Waals surface area (Å²) in [6.07, 6.45) is 0. The van der Waals surface area contributed by atoms with E-state index in [9.17, 15) is 9.59 Å². The van der Waals surface area contributed by atoms with Crippen molar-refractivity contribution in [3.05, 3.63) is 74.9 Å². The second-order valence-electron chi connectivity index (χ2n) is 4.45. The van der Waals surface area contributed by atoms with Gasteiger partial charge in [0.25, 0.3) is 5.56 Å². The largest absolute Gasteiger partial charge is 0.333 e. The molecule has 3 rings (SSSR count). The molecule has 0 spiro atoms. The predicted octanol–water partition coefficient (Wildman–Crippen LogP) is 5.07. The van der Waals surface area contributed by atoms with Gasteiger partial charge < -0.3 is 4.98 Å². The molecule has 0 aliphatic rings. The molecule has 1 N–H and O–H groups in total. The van der Waals surface area contributed by atoms with Crippen LogP contribution in [0, 0.1) is 6.92 Å². The number of nitrogens with one attached hydrogen (secondary N) is 1. The summed E-state index contributed by atoms with van der Waals surface area (Å²) in [5, 5.41) is 0.502. The van der Waals surface area contributed by atoms with Crippen LogP contribution in [0.3, 0.4) is 0 Å². The van der Waals surface area contributed by atoms with Crippen molar-refractivity contribution in [2.45, 2.75) is 48.5 Å². The molecule has 1 aromatic heterocycles. The topological polar surface area (TPSA) is 54.9 Å². The van der Waals surface area contributed by atoms with Crippen molar-refractivity contribution >= 4 is 10.9 Å². The van der Waals surface area contributed by atoms with Gasteiger partial charge in [0.2, 0.25) is 0 Å². The number of hydrogen-bond acceptors (Lipinski definition) is 2. The molecular formula is C21H30N2O2. The van der Waals surface area contributed by atoms with Crippen LogP contribution >= 0.6 is 0 Å². The molecule has 136 valence electrons. The second kappa shape index (κ2) is 11.8. The van der Waals surface area contributed by atoms with E-state index < -0.39 is 5.69 Å². The molecule has 0 unspecified atom stereocenters. The summed E-state index contributed by atoms with van der Waals surface area (Å²) in [5.41, 5.74) is 1.48. The van der Waals surface area contributed by atoms with Crippen molar-refractivity contribution in [1.29, 1.82) is 0 Å². The number of para-hydroxylation sites is 1. The highest BCUT2D eigenvalue weighted by Crippen LogP contribution is 2.08. The number of H-pyrrole nitrogens is 1. The summed E-state index contributed by atoms with van der Waals surface area (Å²) in [5.74, 6) is 0. The number of rotatable bonds is 1. The maximum atomic E-state index is 12.4. The Hall–Kier alpha value is -2.62. The van der Waals surface area contributed by atoms with E-state index in [0.29, 0.717) is 16.6 Å². The quantitative estimate of drug-likeness (QED) is 0.671. The monoisotopic (exact) mass is 342 g/mol. The molecular weight excluding hydrogens is 312 g/mol. The minimum atomic E-state index is -0.424. The van der Waals surface area contributed by atoms with Gasteiger partial charge in [-0.25, -0.2) is 9.36 Å². The van der Waals surface area contributed by atoms with E-state index in [4.69, 9.17) is 0 Å². The van der Waals surface area contributed by atoms with Crippen LogP contribution in [0.15, 0.2) is 58.1 Å². The van der Waals surface area contributed by atoms with Crippen molar-refractivity contribution in [2.24, 2.45) is 0 Å². The first-order valence-corrected chi connectivity index (χ1v) is 8.98.